The minimum absolute atomic E-state index is 0.260. The molecule has 0 saturated heterocycles. The van der Waals surface area contributed by atoms with Crippen LogP contribution in [0, 0.1) is 11.3 Å². The van der Waals surface area contributed by atoms with Crippen molar-refractivity contribution in [3.63, 3.8) is 0 Å². The van der Waals surface area contributed by atoms with Gasteiger partial charge in [0, 0.05) is 5.69 Å². The smallest absolute Gasteiger partial charge is 0.119 e. The number of nitriles is 1. The summed E-state index contributed by atoms with van der Waals surface area (Å²) in [5, 5.41) is 9.15. The third-order valence-electron chi connectivity index (χ3n) is 2.65. The van der Waals surface area contributed by atoms with Gasteiger partial charge in [0.15, 0.2) is 0 Å². The van der Waals surface area contributed by atoms with Crippen molar-refractivity contribution >= 4 is 5.69 Å². The van der Waals surface area contributed by atoms with E-state index in [0.29, 0.717) is 12.3 Å². The number of hydrogen-bond donors (Lipinski definition) is 1. The maximum Gasteiger partial charge on any atom is 0.119 e. The minimum Gasteiger partial charge on any atom is -0.492 e. The van der Waals surface area contributed by atoms with E-state index >= 15 is 0 Å². The standard InChI is InChI=1S/C15H14N2O/c16-10-13(12-4-2-1-3-5-12)11-18-15-8-6-14(17)7-9-15/h1-9,13H,11,17H2. The van der Waals surface area contributed by atoms with Gasteiger partial charge in [0.05, 0.1) is 6.07 Å². The van der Waals surface area contributed by atoms with E-state index in [1.165, 1.54) is 0 Å². The summed E-state index contributed by atoms with van der Waals surface area (Å²) in [5.74, 6) is 0.462. The van der Waals surface area contributed by atoms with Crippen molar-refractivity contribution in [3.8, 4) is 11.8 Å². The van der Waals surface area contributed by atoms with E-state index < -0.39 is 0 Å². The number of hydrogen-bond acceptors (Lipinski definition) is 3. The summed E-state index contributed by atoms with van der Waals surface area (Å²) in [6.07, 6.45) is 0. The van der Waals surface area contributed by atoms with Gasteiger partial charge in [-0.15, -0.1) is 0 Å². The molecule has 0 aliphatic heterocycles. The number of rotatable bonds is 4. The van der Waals surface area contributed by atoms with Crippen LogP contribution in [0.1, 0.15) is 11.5 Å². The Morgan fingerprint density at radius 1 is 1.06 bits per heavy atom. The second-order valence-corrected chi connectivity index (χ2v) is 3.97. The Labute approximate surface area is 106 Å². The monoisotopic (exact) mass is 238 g/mol. The molecule has 18 heavy (non-hydrogen) atoms. The molecule has 0 amide bonds. The van der Waals surface area contributed by atoms with E-state index in [-0.39, 0.29) is 5.92 Å². The Bertz CT molecular complexity index is 529. The summed E-state index contributed by atoms with van der Waals surface area (Å²) in [7, 11) is 0. The highest BCUT2D eigenvalue weighted by Gasteiger charge is 2.10. The summed E-state index contributed by atoms with van der Waals surface area (Å²) in [6.45, 7) is 0.338. The average molecular weight is 238 g/mol. The molecular weight excluding hydrogens is 224 g/mol. The fourth-order valence-corrected chi connectivity index (χ4v) is 1.64. The van der Waals surface area contributed by atoms with Gasteiger partial charge in [-0.1, -0.05) is 30.3 Å². The molecule has 0 aromatic heterocycles. The molecule has 2 aromatic carbocycles. The van der Waals surface area contributed by atoms with E-state index in [1.807, 2.05) is 30.3 Å². The van der Waals surface area contributed by atoms with Gasteiger partial charge in [0.2, 0.25) is 0 Å². The molecule has 0 aliphatic carbocycles. The molecule has 3 heteroatoms. The zero-order valence-electron chi connectivity index (χ0n) is 9.91. The zero-order valence-corrected chi connectivity index (χ0v) is 9.91. The molecule has 0 aliphatic rings. The molecule has 0 heterocycles. The molecular formula is C15H14N2O. The van der Waals surface area contributed by atoms with Crippen LogP contribution in [-0.2, 0) is 0 Å². The summed E-state index contributed by atoms with van der Waals surface area (Å²) in [5.41, 5.74) is 7.26. The van der Waals surface area contributed by atoms with Crippen LogP contribution in [-0.4, -0.2) is 6.61 Å². The van der Waals surface area contributed by atoms with Crippen molar-refractivity contribution in [1.82, 2.24) is 0 Å². The van der Waals surface area contributed by atoms with E-state index in [0.717, 1.165) is 11.3 Å². The normalized spacial score (nSPS) is 11.5. The van der Waals surface area contributed by atoms with Crippen molar-refractivity contribution < 1.29 is 4.74 Å². The second-order valence-electron chi connectivity index (χ2n) is 3.97. The molecule has 0 spiro atoms. The summed E-state index contributed by atoms with van der Waals surface area (Å²) >= 11 is 0. The van der Waals surface area contributed by atoms with Gasteiger partial charge in [-0.2, -0.15) is 5.26 Å². The lowest BCUT2D eigenvalue weighted by Gasteiger charge is -2.11. The molecule has 3 nitrogen and oxygen atoms in total. The lowest BCUT2D eigenvalue weighted by atomic mass is 10.0. The Morgan fingerprint density at radius 3 is 2.33 bits per heavy atom. The predicted molar refractivity (Wildman–Crippen MR) is 71.1 cm³/mol. The highest BCUT2D eigenvalue weighted by atomic mass is 16.5. The van der Waals surface area contributed by atoms with Gasteiger partial charge < -0.3 is 10.5 Å². The fourth-order valence-electron chi connectivity index (χ4n) is 1.64. The highest BCUT2D eigenvalue weighted by molar-refractivity contribution is 5.41. The van der Waals surface area contributed by atoms with Crippen LogP contribution >= 0.6 is 0 Å². The number of nitrogens with two attached hydrogens (primary N) is 1. The first-order valence-electron chi connectivity index (χ1n) is 5.72. The number of benzene rings is 2. The lowest BCUT2D eigenvalue weighted by molar-refractivity contribution is 0.308. The fraction of sp³-hybridized carbons (Fsp3) is 0.133. The largest absolute Gasteiger partial charge is 0.492 e. The number of nitrogen functional groups attached to an aromatic ring is 1. The summed E-state index contributed by atoms with van der Waals surface area (Å²) in [4.78, 5) is 0. The van der Waals surface area contributed by atoms with Gasteiger partial charge in [0.1, 0.15) is 18.3 Å². The molecule has 2 rings (SSSR count). The number of ether oxygens (including phenoxy) is 1. The highest BCUT2D eigenvalue weighted by Crippen LogP contribution is 2.18. The number of nitrogens with zero attached hydrogens (tertiary/aromatic N) is 1. The van der Waals surface area contributed by atoms with Gasteiger partial charge in [-0.3, -0.25) is 0 Å². The van der Waals surface area contributed by atoms with Crippen molar-refractivity contribution in [2.75, 3.05) is 12.3 Å². The molecule has 0 bridgehead atoms. The first-order valence-corrected chi connectivity index (χ1v) is 5.72. The molecule has 0 saturated carbocycles. The van der Waals surface area contributed by atoms with Crippen LogP contribution in [0.3, 0.4) is 0 Å². The van der Waals surface area contributed by atoms with Crippen LogP contribution in [0.15, 0.2) is 54.6 Å². The van der Waals surface area contributed by atoms with Gasteiger partial charge in [-0.05, 0) is 29.8 Å². The van der Waals surface area contributed by atoms with E-state index in [9.17, 15) is 0 Å². The van der Waals surface area contributed by atoms with Crippen LogP contribution in [0.25, 0.3) is 0 Å². The van der Waals surface area contributed by atoms with Gasteiger partial charge in [0.25, 0.3) is 0 Å². The molecule has 2 N–H and O–H groups in total. The lowest BCUT2D eigenvalue weighted by Crippen LogP contribution is -2.08. The van der Waals surface area contributed by atoms with Crippen LogP contribution in [0.5, 0.6) is 5.75 Å². The molecule has 90 valence electrons. The van der Waals surface area contributed by atoms with Crippen molar-refractivity contribution in [1.29, 1.82) is 5.26 Å². The minimum atomic E-state index is -0.260. The molecule has 2 aromatic rings. The van der Waals surface area contributed by atoms with Gasteiger partial charge in [-0.25, -0.2) is 0 Å². The zero-order chi connectivity index (χ0) is 12.8. The van der Waals surface area contributed by atoms with Crippen LogP contribution in [0.4, 0.5) is 5.69 Å². The Morgan fingerprint density at radius 2 is 1.72 bits per heavy atom. The van der Waals surface area contributed by atoms with Crippen molar-refractivity contribution in [2.45, 2.75) is 5.92 Å². The Kier molecular flexibility index (Phi) is 3.83. The van der Waals surface area contributed by atoms with E-state index in [4.69, 9.17) is 15.7 Å². The molecule has 0 radical (unpaired) electrons. The Balaban J connectivity index is 2.00. The third kappa shape index (κ3) is 3.02. The maximum atomic E-state index is 9.15. The van der Waals surface area contributed by atoms with Crippen LogP contribution in [0.2, 0.25) is 0 Å². The second kappa shape index (κ2) is 5.74. The first-order chi connectivity index (χ1) is 8.79. The first kappa shape index (κ1) is 12.0. The number of anilines is 1. The quantitative estimate of drug-likeness (QED) is 0.833. The summed E-state index contributed by atoms with van der Waals surface area (Å²) < 4.78 is 5.59. The van der Waals surface area contributed by atoms with Crippen molar-refractivity contribution in [2.24, 2.45) is 0 Å². The van der Waals surface area contributed by atoms with E-state index in [2.05, 4.69) is 6.07 Å². The van der Waals surface area contributed by atoms with Crippen LogP contribution < -0.4 is 10.5 Å². The third-order valence-corrected chi connectivity index (χ3v) is 2.65. The Hall–Kier alpha value is -2.47. The van der Waals surface area contributed by atoms with Gasteiger partial charge >= 0.3 is 0 Å². The predicted octanol–water partition coefficient (Wildman–Crippen LogP) is 2.95. The SMILES string of the molecule is N#CC(COc1ccc(N)cc1)c1ccccc1. The maximum absolute atomic E-state index is 9.15. The summed E-state index contributed by atoms with van der Waals surface area (Å²) in [6, 6.07) is 19.0. The van der Waals surface area contributed by atoms with Crippen molar-refractivity contribution in [3.05, 3.63) is 60.2 Å². The molecule has 1 unspecified atom stereocenters. The molecule has 0 fully saturated rings. The molecule has 1 atom stereocenters. The topological polar surface area (TPSA) is 59.0 Å². The average Bonchev–Trinajstić information content (AvgIpc) is 2.43. The van der Waals surface area contributed by atoms with E-state index in [1.54, 1.807) is 24.3 Å².